The van der Waals surface area contributed by atoms with Gasteiger partial charge in [-0.25, -0.2) is 13.8 Å². The van der Waals surface area contributed by atoms with Crippen LogP contribution in [0.1, 0.15) is 0 Å². The zero-order valence-corrected chi connectivity index (χ0v) is 8.37. The van der Waals surface area contributed by atoms with Crippen LogP contribution >= 0.6 is 22.9 Å². The van der Waals surface area contributed by atoms with E-state index in [0.717, 1.165) is 6.07 Å². The van der Waals surface area contributed by atoms with Crippen LogP contribution in [0.5, 0.6) is 0 Å². The Morgan fingerprint density at radius 1 is 1.29 bits per heavy atom. The van der Waals surface area contributed by atoms with Crippen LogP contribution < -0.4 is 0 Å². The summed E-state index contributed by atoms with van der Waals surface area (Å²) in [6.07, 6.45) is 0. The molecule has 0 unspecified atom stereocenters. The average molecular weight is 232 g/mol. The Labute approximate surface area is 88.0 Å². The molecule has 72 valence electrons. The maximum absolute atomic E-state index is 13.2. The molecule has 0 radical (unpaired) electrons. The van der Waals surface area contributed by atoms with Gasteiger partial charge in [0.2, 0.25) is 0 Å². The Morgan fingerprint density at radius 3 is 2.64 bits per heavy atom. The van der Waals surface area contributed by atoms with Crippen molar-refractivity contribution in [3.05, 3.63) is 39.7 Å². The molecular weight excluding hydrogens is 228 g/mol. The average Bonchev–Trinajstić information content (AvgIpc) is 2.51. The fourth-order valence-electron chi connectivity index (χ4n) is 1.07. The smallest absolute Gasteiger partial charge is 0.184 e. The molecule has 0 aliphatic heterocycles. The molecule has 5 heteroatoms. The summed E-state index contributed by atoms with van der Waals surface area (Å²) in [5.41, 5.74) is 0.687. The molecular formula is C9H4ClF2NS. The molecule has 2 aromatic rings. The van der Waals surface area contributed by atoms with Gasteiger partial charge in [-0.05, 0) is 12.1 Å². The van der Waals surface area contributed by atoms with Crippen molar-refractivity contribution in [2.24, 2.45) is 0 Å². The number of rotatable bonds is 1. The van der Waals surface area contributed by atoms with E-state index >= 15 is 0 Å². The molecule has 0 aliphatic carbocycles. The van der Waals surface area contributed by atoms with Crippen LogP contribution in [0.15, 0.2) is 23.6 Å². The second-order valence-corrected chi connectivity index (χ2v) is 4.05. The molecule has 0 N–H and O–H groups in total. The Hall–Kier alpha value is -1.00. The van der Waals surface area contributed by atoms with E-state index < -0.39 is 11.6 Å². The topological polar surface area (TPSA) is 12.9 Å². The van der Waals surface area contributed by atoms with E-state index in [9.17, 15) is 8.78 Å². The van der Waals surface area contributed by atoms with E-state index in [4.69, 9.17) is 11.6 Å². The Morgan fingerprint density at radius 2 is 2.07 bits per heavy atom. The summed E-state index contributed by atoms with van der Waals surface area (Å²) < 4.78 is 26.1. The summed E-state index contributed by atoms with van der Waals surface area (Å²) in [6, 6.07) is 3.35. The highest BCUT2D eigenvalue weighted by Crippen LogP contribution is 2.26. The molecule has 0 fully saturated rings. The summed E-state index contributed by atoms with van der Waals surface area (Å²) in [5.74, 6) is -1.24. The summed E-state index contributed by atoms with van der Waals surface area (Å²) >= 11 is 6.81. The Balaban J connectivity index is 2.52. The van der Waals surface area contributed by atoms with Crippen LogP contribution in [-0.2, 0) is 0 Å². The number of hydrogen-bond donors (Lipinski definition) is 0. The van der Waals surface area contributed by atoms with Gasteiger partial charge in [0.15, 0.2) is 4.47 Å². The highest BCUT2D eigenvalue weighted by Gasteiger charge is 2.09. The zero-order chi connectivity index (χ0) is 10.1. The number of halogens is 3. The molecule has 2 rings (SSSR count). The minimum atomic E-state index is -0.632. The van der Waals surface area contributed by atoms with Gasteiger partial charge in [0.25, 0.3) is 0 Å². The third-order valence-corrected chi connectivity index (χ3v) is 2.66. The van der Waals surface area contributed by atoms with Crippen LogP contribution in [0.3, 0.4) is 0 Å². The van der Waals surface area contributed by atoms with Crippen molar-refractivity contribution < 1.29 is 8.78 Å². The minimum absolute atomic E-state index is 0.259. The second-order valence-electron chi connectivity index (χ2n) is 2.61. The SMILES string of the molecule is Fc1ccc(-c2csc(Cl)n2)c(F)c1. The molecule has 14 heavy (non-hydrogen) atoms. The predicted molar refractivity (Wildman–Crippen MR) is 52.5 cm³/mol. The lowest BCUT2D eigenvalue weighted by Gasteiger charge is -1.98. The van der Waals surface area contributed by atoms with Crippen molar-refractivity contribution in [2.45, 2.75) is 0 Å². The molecule has 1 heterocycles. The van der Waals surface area contributed by atoms with Crippen molar-refractivity contribution in [1.29, 1.82) is 0 Å². The minimum Gasteiger partial charge on any atom is -0.225 e. The van der Waals surface area contributed by atoms with Crippen molar-refractivity contribution in [2.75, 3.05) is 0 Å². The third kappa shape index (κ3) is 1.76. The van der Waals surface area contributed by atoms with Crippen molar-refractivity contribution in [1.82, 2.24) is 4.98 Å². The standard InChI is InChI=1S/C9H4ClF2NS/c10-9-13-8(4-14-9)6-2-1-5(11)3-7(6)12/h1-4H. The van der Waals surface area contributed by atoms with Gasteiger partial charge in [0, 0.05) is 17.0 Å². The first-order valence-corrected chi connectivity index (χ1v) is 4.99. The maximum Gasteiger partial charge on any atom is 0.184 e. The number of nitrogens with zero attached hydrogens (tertiary/aromatic N) is 1. The highest BCUT2D eigenvalue weighted by molar-refractivity contribution is 7.14. The van der Waals surface area contributed by atoms with Crippen molar-refractivity contribution in [3.63, 3.8) is 0 Å². The predicted octanol–water partition coefficient (Wildman–Crippen LogP) is 3.74. The van der Waals surface area contributed by atoms with Gasteiger partial charge in [0.05, 0.1) is 5.69 Å². The van der Waals surface area contributed by atoms with Crippen molar-refractivity contribution in [3.8, 4) is 11.3 Å². The Kier molecular flexibility index (Phi) is 2.48. The van der Waals surface area contributed by atoms with E-state index in [2.05, 4.69) is 4.98 Å². The maximum atomic E-state index is 13.2. The lowest BCUT2D eigenvalue weighted by Crippen LogP contribution is -1.85. The first-order valence-electron chi connectivity index (χ1n) is 3.73. The largest absolute Gasteiger partial charge is 0.225 e. The van der Waals surface area contributed by atoms with Gasteiger partial charge in [-0.1, -0.05) is 11.6 Å². The molecule has 0 spiro atoms. The molecule has 0 aliphatic rings. The van der Waals surface area contributed by atoms with E-state index in [1.165, 1.54) is 23.5 Å². The van der Waals surface area contributed by atoms with Crippen LogP contribution in [-0.4, -0.2) is 4.98 Å². The quantitative estimate of drug-likeness (QED) is 0.729. The van der Waals surface area contributed by atoms with Gasteiger partial charge in [-0.3, -0.25) is 0 Å². The molecule has 1 aromatic carbocycles. The molecule has 1 aromatic heterocycles. The van der Waals surface area contributed by atoms with Gasteiger partial charge in [-0.15, -0.1) is 11.3 Å². The fraction of sp³-hybridized carbons (Fsp3) is 0. The number of thiazole rings is 1. The number of hydrogen-bond acceptors (Lipinski definition) is 2. The third-order valence-electron chi connectivity index (χ3n) is 1.68. The lowest BCUT2D eigenvalue weighted by molar-refractivity contribution is 0.585. The molecule has 0 amide bonds. The van der Waals surface area contributed by atoms with Crippen LogP contribution in [0.25, 0.3) is 11.3 Å². The van der Waals surface area contributed by atoms with Crippen molar-refractivity contribution >= 4 is 22.9 Å². The summed E-state index contributed by atoms with van der Waals surface area (Å²) in [4.78, 5) is 3.89. The monoisotopic (exact) mass is 231 g/mol. The van der Waals surface area contributed by atoms with Crippen LogP contribution in [0, 0.1) is 11.6 Å². The van der Waals surface area contributed by atoms with Gasteiger partial charge in [0.1, 0.15) is 11.6 Å². The number of aromatic nitrogens is 1. The lowest BCUT2D eigenvalue weighted by atomic mass is 10.1. The molecule has 0 saturated heterocycles. The van der Waals surface area contributed by atoms with Gasteiger partial charge >= 0.3 is 0 Å². The van der Waals surface area contributed by atoms with E-state index in [0.29, 0.717) is 10.2 Å². The summed E-state index contributed by atoms with van der Waals surface area (Å²) in [6.45, 7) is 0. The normalized spacial score (nSPS) is 10.5. The first-order chi connectivity index (χ1) is 6.66. The van der Waals surface area contributed by atoms with Gasteiger partial charge in [-0.2, -0.15) is 0 Å². The van der Waals surface area contributed by atoms with E-state index in [-0.39, 0.29) is 5.56 Å². The summed E-state index contributed by atoms with van der Waals surface area (Å²) in [5, 5.41) is 1.62. The number of benzene rings is 1. The molecule has 0 atom stereocenters. The van der Waals surface area contributed by atoms with E-state index in [1.54, 1.807) is 5.38 Å². The molecule has 1 nitrogen and oxygen atoms in total. The second kappa shape index (κ2) is 3.63. The summed E-state index contributed by atoms with van der Waals surface area (Å²) in [7, 11) is 0. The molecule has 0 saturated carbocycles. The zero-order valence-electron chi connectivity index (χ0n) is 6.80. The first kappa shape index (κ1) is 9.55. The van der Waals surface area contributed by atoms with Gasteiger partial charge < -0.3 is 0 Å². The molecule has 0 bridgehead atoms. The van der Waals surface area contributed by atoms with Crippen LogP contribution in [0.4, 0.5) is 8.78 Å². The van der Waals surface area contributed by atoms with Crippen LogP contribution in [0.2, 0.25) is 4.47 Å². The van der Waals surface area contributed by atoms with E-state index in [1.807, 2.05) is 0 Å². The highest BCUT2D eigenvalue weighted by atomic mass is 35.5. The fourth-order valence-corrected chi connectivity index (χ4v) is 1.84. The Bertz CT molecular complexity index is 470.